The van der Waals surface area contributed by atoms with Gasteiger partial charge in [-0.2, -0.15) is 0 Å². The minimum Gasteiger partial charge on any atom is -0.340 e. The van der Waals surface area contributed by atoms with Crippen molar-refractivity contribution in [3.8, 4) is 0 Å². The van der Waals surface area contributed by atoms with E-state index in [0.29, 0.717) is 17.4 Å². The van der Waals surface area contributed by atoms with E-state index >= 15 is 0 Å². The van der Waals surface area contributed by atoms with Crippen LogP contribution < -0.4 is 5.56 Å². The van der Waals surface area contributed by atoms with Crippen LogP contribution in [0.15, 0.2) is 53.3 Å². The second kappa shape index (κ2) is 6.05. The second-order valence-corrected chi connectivity index (χ2v) is 6.73. The Hall–Kier alpha value is -3.48. The molecule has 1 fully saturated rings. The van der Waals surface area contributed by atoms with Crippen LogP contribution in [-0.4, -0.2) is 37.3 Å². The van der Waals surface area contributed by atoms with Gasteiger partial charge in [0.2, 0.25) is 0 Å². The molecule has 3 heterocycles. The third kappa shape index (κ3) is 2.59. The molecule has 0 aliphatic carbocycles. The van der Waals surface area contributed by atoms with Gasteiger partial charge in [-0.3, -0.25) is 9.59 Å². The molecule has 0 bridgehead atoms. The van der Waals surface area contributed by atoms with Gasteiger partial charge < -0.3 is 14.9 Å². The van der Waals surface area contributed by atoms with E-state index in [1.165, 1.54) is 0 Å². The first-order valence-electron chi connectivity index (χ1n) is 8.95. The van der Waals surface area contributed by atoms with Gasteiger partial charge in [-0.05, 0) is 37.1 Å². The van der Waals surface area contributed by atoms with Crippen molar-refractivity contribution in [3.63, 3.8) is 0 Å². The molecule has 0 unspecified atom stereocenters. The number of carbonyl (C=O) groups is 1. The van der Waals surface area contributed by atoms with Crippen LogP contribution in [0.5, 0.6) is 0 Å². The van der Waals surface area contributed by atoms with Crippen LogP contribution in [0.1, 0.15) is 35.3 Å². The molecule has 0 radical (unpaired) electrons. The third-order valence-electron chi connectivity index (χ3n) is 5.05. The molecule has 1 atom stereocenters. The second-order valence-electron chi connectivity index (χ2n) is 6.73. The molecule has 4 aromatic rings. The average Bonchev–Trinajstić information content (AvgIpc) is 3.34. The molecule has 1 aliphatic rings. The number of imidazole rings is 1. The lowest BCUT2D eigenvalue weighted by Crippen LogP contribution is -2.33. The van der Waals surface area contributed by atoms with Crippen molar-refractivity contribution >= 4 is 27.8 Å². The van der Waals surface area contributed by atoms with Crippen molar-refractivity contribution in [2.75, 3.05) is 6.54 Å². The molecule has 0 spiro atoms. The molecular formula is C20H17N5O2. The molecule has 1 amide bonds. The molecule has 1 saturated heterocycles. The Bertz CT molecular complexity index is 1190. The van der Waals surface area contributed by atoms with Crippen molar-refractivity contribution < 1.29 is 4.79 Å². The Morgan fingerprint density at radius 2 is 1.78 bits per heavy atom. The van der Waals surface area contributed by atoms with E-state index in [-0.39, 0.29) is 23.3 Å². The van der Waals surface area contributed by atoms with Crippen LogP contribution in [0.25, 0.3) is 21.9 Å². The molecule has 7 heteroatoms. The fourth-order valence-electron chi connectivity index (χ4n) is 3.75. The largest absolute Gasteiger partial charge is 0.340 e. The topological polar surface area (TPSA) is 94.7 Å². The minimum absolute atomic E-state index is 0.0710. The molecule has 2 N–H and O–H groups in total. The monoisotopic (exact) mass is 359 g/mol. The Kier molecular flexibility index (Phi) is 3.53. The Labute approximate surface area is 154 Å². The fraction of sp³-hybridized carbons (Fsp3) is 0.200. The normalized spacial score (nSPS) is 17.0. The number of likely N-dealkylation sites (tertiary alicyclic amines) is 1. The summed E-state index contributed by atoms with van der Waals surface area (Å²) in [5.41, 5.74) is 2.04. The highest BCUT2D eigenvalue weighted by atomic mass is 16.2. The highest BCUT2D eigenvalue weighted by molar-refractivity contribution is 5.93. The molecule has 7 nitrogen and oxygen atoms in total. The lowest BCUT2D eigenvalue weighted by Gasteiger charge is -2.22. The molecule has 2 aromatic carbocycles. The quantitative estimate of drug-likeness (QED) is 0.575. The van der Waals surface area contributed by atoms with Crippen molar-refractivity contribution in [2.45, 2.75) is 18.9 Å². The Morgan fingerprint density at radius 1 is 1.00 bits per heavy atom. The zero-order chi connectivity index (χ0) is 18.4. The molecule has 5 rings (SSSR count). The van der Waals surface area contributed by atoms with Gasteiger partial charge in [-0.15, -0.1) is 0 Å². The van der Waals surface area contributed by atoms with Gasteiger partial charge in [0.25, 0.3) is 11.5 Å². The number of aromatic amines is 2. The first kappa shape index (κ1) is 15.7. The van der Waals surface area contributed by atoms with Crippen molar-refractivity contribution in [3.05, 3.63) is 70.5 Å². The maximum Gasteiger partial charge on any atom is 0.290 e. The first-order valence-corrected chi connectivity index (χ1v) is 8.95. The summed E-state index contributed by atoms with van der Waals surface area (Å²) in [6.45, 7) is 0.608. The number of nitrogens with zero attached hydrogens (tertiary/aromatic N) is 3. The fourth-order valence-corrected chi connectivity index (χ4v) is 3.75. The van der Waals surface area contributed by atoms with E-state index in [4.69, 9.17) is 0 Å². The van der Waals surface area contributed by atoms with Crippen LogP contribution >= 0.6 is 0 Å². The number of rotatable bonds is 2. The third-order valence-corrected chi connectivity index (χ3v) is 5.05. The van der Waals surface area contributed by atoms with Crippen LogP contribution in [0.2, 0.25) is 0 Å². The van der Waals surface area contributed by atoms with Gasteiger partial charge in [0, 0.05) is 6.54 Å². The molecule has 2 aromatic heterocycles. The van der Waals surface area contributed by atoms with Gasteiger partial charge in [-0.1, -0.05) is 24.3 Å². The number of amides is 1. The summed E-state index contributed by atoms with van der Waals surface area (Å²) < 4.78 is 0. The summed E-state index contributed by atoms with van der Waals surface area (Å²) >= 11 is 0. The van der Waals surface area contributed by atoms with E-state index in [1.807, 2.05) is 24.3 Å². The zero-order valence-electron chi connectivity index (χ0n) is 14.5. The smallest absolute Gasteiger partial charge is 0.290 e. The van der Waals surface area contributed by atoms with Gasteiger partial charge in [0.1, 0.15) is 5.82 Å². The first-order chi connectivity index (χ1) is 13.2. The Balaban J connectivity index is 1.53. The number of hydrogen-bond donors (Lipinski definition) is 2. The number of aromatic nitrogens is 4. The molecule has 0 saturated carbocycles. The molecule has 27 heavy (non-hydrogen) atoms. The zero-order valence-corrected chi connectivity index (χ0v) is 14.5. The van der Waals surface area contributed by atoms with Crippen LogP contribution in [0, 0.1) is 0 Å². The molecule has 134 valence electrons. The van der Waals surface area contributed by atoms with Crippen LogP contribution in [0.3, 0.4) is 0 Å². The van der Waals surface area contributed by atoms with Gasteiger partial charge in [0.15, 0.2) is 5.82 Å². The van der Waals surface area contributed by atoms with E-state index in [2.05, 4.69) is 19.9 Å². The van der Waals surface area contributed by atoms with Crippen LogP contribution in [-0.2, 0) is 0 Å². The maximum atomic E-state index is 13.1. The van der Waals surface area contributed by atoms with E-state index in [1.54, 1.807) is 29.2 Å². The summed E-state index contributed by atoms with van der Waals surface area (Å²) in [6.07, 6.45) is 1.70. The number of fused-ring (bicyclic) bond motifs is 2. The summed E-state index contributed by atoms with van der Waals surface area (Å²) in [6, 6.07) is 14.7. The number of para-hydroxylation sites is 3. The lowest BCUT2D eigenvalue weighted by molar-refractivity contribution is 0.0718. The van der Waals surface area contributed by atoms with Crippen molar-refractivity contribution in [1.82, 2.24) is 24.8 Å². The number of nitrogens with one attached hydrogen (secondary N) is 2. The number of hydrogen-bond acceptors (Lipinski definition) is 4. The predicted molar refractivity (Wildman–Crippen MR) is 101 cm³/mol. The van der Waals surface area contributed by atoms with Crippen LogP contribution in [0.4, 0.5) is 0 Å². The molecular weight excluding hydrogens is 342 g/mol. The number of benzene rings is 2. The van der Waals surface area contributed by atoms with Gasteiger partial charge >= 0.3 is 0 Å². The van der Waals surface area contributed by atoms with E-state index < -0.39 is 0 Å². The standard InChI is InChI=1S/C20H17N5O2/c26-19-12-6-1-2-7-13(12)21-18(24-19)20(27)25-11-5-10-16(25)17-22-14-8-3-4-9-15(14)23-17/h1-4,6-9,16H,5,10-11H2,(H,22,23)(H,21,24,26)/t16-/m1/s1. The van der Waals surface area contributed by atoms with E-state index in [0.717, 1.165) is 29.7 Å². The SMILES string of the molecule is O=C(c1nc2ccccc2c(=O)[nH]1)N1CCC[C@@H]1c1nc2ccccc2[nH]1. The summed E-state index contributed by atoms with van der Waals surface area (Å²) in [4.78, 5) is 42.1. The summed E-state index contributed by atoms with van der Waals surface area (Å²) in [7, 11) is 0. The van der Waals surface area contributed by atoms with Crippen molar-refractivity contribution in [1.29, 1.82) is 0 Å². The van der Waals surface area contributed by atoms with Gasteiger partial charge in [0.05, 0.1) is 28.0 Å². The maximum absolute atomic E-state index is 13.1. The minimum atomic E-state index is -0.302. The van der Waals surface area contributed by atoms with Crippen molar-refractivity contribution in [2.24, 2.45) is 0 Å². The highest BCUT2D eigenvalue weighted by Gasteiger charge is 2.33. The summed E-state index contributed by atoms with van der Waals surface area (Å²) in [5.74, 6) is 0.563. The Morgan fingerprint density at radius 3 is 2.63 bits per heavy atom. The van der Waals surface area contributed by atoms with Gasteiger partial charge in [-0.25, -0.2) is 9.97 Å². The van der Waals surface area contributed by atoms with E-state index in [9.17, 15) is 9.59 Å². The number of carbonyl (C=O) groups excluding carboxylic acids is 1. The predicted octanol–water partition coefficient (Wildman–Crippen LogP) is 2.78. The molecule has 1 aliphatic heterocycles. The number of H-pyrrole nitrogens is 2. The average molecular weight is 359 g/mol. The lowest BCUT2D eigenvalue weighted by atomic mass is 10.2. The highest BCUT2D eigenvalue weighted by Crippen LogP contribution is 2.32. The summed E-state index contributed by atoms with van der Waals surface area (Å²) in [5, 5.41) is 0.476.